The molecule has 4 nitrogen and oxygen atoms in total. The van der Waals surface area contributed by atoms with Gasteiger partial charge in [-0.05, 0) is 17.7 Å². The quantitative estimate of drug-likeness (QED) is 0.781. The van der Waals surface area contributed by atoms with Gasteiger partial charge >= 0.3 is 0 Å². The third-order valence-electron chi connectivity index (χ3n) is 2.86. The number of amides is 1. The van der Waals surface area contributed by atoms with Gasteiger partial charge in [0.25, 0.3) is 5.91 Å². The van der Waals surface area contributed by atoms with Crippen LogP contribution in [0.1, 0.15) is 22.0 Å². The van der Waals surface area contributed by atoms with Crippen molar-refractivity contribution in [2.75, 3.05) is 6.54 Å². The Labute approximate surface area is 111 Å². The van der Waals surface area contributed by atoms with E-state index in [-0.39, 0.29) is 23.3 Å². The van der Waals surface area contributed by atoms with E-state index in [4.69, 9.17) is 5.73 Å². The van der Waals surface area contributed by atoms with Crippen LogP contribution in [0.3, 0.4) is 0 Å². The molecule has 0 bridgehead atoms. The third-order valence-corrected chi connectivity index (χ3v) is 2.86. The van der Waals surface area contributed by atoms with Gasteiger partial charge in [-0.25, -0.2) is 0 Å². The molecule has 4 N–H and O–H groups in total. The molecule has 2 rings (SSSR count). The largest absolute Gasteiger partial charge is 0.507 e. The second-order valence-corrected chi connectivity index (χ2v) is 4.24. The van der Waals surface area contributed by atoms with Crippen LogP contribution in [-0.4, -0.2) is 17.6 Å². The van der Waals surface area contributed by atoms with Crippen molar-refractivity contribution in [3.05, 3.63) is 65.7 Å². The highest BCUT2D eigenvalue weighted by Gasteiger charge is 2.12. The van der Waals surface area contributed by atoms with Gasteiger partial charge in [0.05, 0.1) is 5.56 Å². The van der Waals surface area contributed by atoms with Gasteiger partial charge in [0.2, 0.25) is 0 Å². The molecule has 0 saturated carbocycles. The lowest BCUT2D eigenvalue weighted by Crippen LogP contribution is -2.31. The summed E-state index contributed by atoms with van der Waals surface area (Å²) in [4.78, 5) is 11.9. The molecule has 98 valence electrons. The SMILES string of the molecule is NC(CNC(=O)c1ccccc1O)c1ccccc1. The standard InChI is InChI=1S/C15H16N2O2/c16-13(11-6-2-1-3-7-11)10-17-15(19)12-8-4-5-9-14(12)18/h1-9,13,18H,10,16H2,(H,17,19). The molecule has 0 heterocycles. The predicted octanol–water partition coefficient (Wildman–Crippen LogP) is 1.82. The molecule has 0 aliphatic carbocycles. The van der Waals surface area contributed by atoms with Crippen molar-refractivity contribution >= 4 is 5.91 Å². The molecule has 0 aliphatic rings. The van der Waals surface area contributed by atoms with Crippen LogP contribution in [0.25, 0.3) is 0 Å². The van der Waals surface area contributed by atoms with E-state index in [1.165, 1.54) is 6.07 Å². The van der Waals surface area contributed by atoms with E-state index < -0.39 is 0 Å². The summed E-state index contributed by atoms with van der Waals surface area (Å²) in [6.45, 7) is 0.317. The normalized spacial score (nSPS) is 11.8. The van der Waals surface area contributed by atoms with Gasteiger partial charge in [-0.1, -0.05) is 42.5 Å². The van der Waals surface area contributed by atoms with E-state index in [1.807, 2.05) is 30.3 Å². The fraction of sp³-hybridized carbons (Fsp3) is 0.133. The molecule has 2 aromatic rings. The third kappa shape index (κ3) is 3.33. The lowest BCUT2D eigenvalue weighted by atomic mass is 10.1. The predicted molar refractivity (Wildman–Crippen MR) is 73.8 cm³/mol. The Morgan fingerprint density at radius 2 is 1.74 bits per heavy atom. The van der Waals surface area contributed by atoms with Gasteiger partial charge in [-0.15, -0.1) is 0 Å². The number of carbonyl (C=O) groups excluding carboxylic acids is 1. The molecule has 4 heteroatoms. The van der Waals surface area contributed by atoms with E-state index in [0.29, 0.717) is 6.54 Å². The van der Waals surface area contributed by atoms with Gasteiger partial charge in [-0.3, -0.25) is 4.79 Å². The van der Waals surface area contributed by atoms with Crippen LogP contribution < -0.4 is 11.1 Å². The number of phenols is 1. The van der Waals surface area contributed by atoms with Crippen LogP contribution in [0.5, 0.6) is 5.75 Å². The van der Waals surface area contributed by atoms with Crippen LogP contribution in [0.4, 0.5) is 0 Å². The fourth-order valence-corrected chi connectivity index (χ4v) is 1.78. The fourth-order valence-electron chi connectivity index (χ4n) is 1.78. The number of aromatic hydroxyl groups is 1. The van der Waals surface area contributed by atoms with Crippen LogP contribution in [0.2, 0.25) is 0 Å². The van der Waals surface area contributed by atoms with E-state index in [9.17, 15) is 9.90 Å². The average Bonchev–Trinajstić information content (AvgIpc) is 2.46. The van der Waals surface area contributed by atoms with Crippen molar-refractivity contribution in [3.8, 4) is 5.75 Å². The number of benzene rings is 2. The van der Waals surface area contributed by atoms with Crippen molar-refractivity contribution in [3.63, 3.8) is 0 Å². The Kier molecular flexibility index (Phi) is 4.15. The maximum Gasteiger partial charge on any atom is 0.255 e. The van der Waals surface area contributed by atoms with Crippen molar-refractivity contribution in [1.82, 2.24) is 5.32 Å². The highest BCUT2D eigenvalue weighted by Crippen LogP contribution is 2.15. The second-order valence-electron chi connectivity index (χ2n) is 4.24. The van der Waals surface area contributed by atoms with Crippen LogP contribution in [0.15, 0.2) is 54.6 Å². The molecule has 19 heavy (non-hydrogen) atoms. The van der Waals surface area contributed by atoms with Crippen LogP contribution >= 0.6 is 0 Å². The summed E-state index contributed by atoms with van der Waals surface area (Å²) in [5.41, 5.74) is 7.19. The van der Waals surface area contributed by atoms with Gasteiger partial charge in [0.15, 0.2) is 0 Å². The van der Waals surface area contributed by atoms with Gasteiger partial charge in [0, 0.05) is 12.6 Å². The number of nitrogens with two attached hydrogens (primary N) is 1. The first-order valence-electron chi connectivity index (χ1n) is 6.05. The molecule has 0 fully saturated rings. The zero-order valence-electron chi connectivity index (χ0n) is 10.4. The maximum atomic E-state index is 11.9. The number of hydrogen-bond donors (Lipinski definition) is 3. The smallest absolute Gasteiger partial charge is 0.255 e. The van der Waals surface area contributed by atoms with E-state index in [2.05, 4.69) is 5.32 Å². The molecule has 0 aromatic heterocycles. The molecule has 0 aliphatic heterocycles. The molecule has 0 radical (unpaired) electrons. The molecule has 0 spiro atoms. The first kappa shape index (κ1) is 13.1. The maximum absolute atomic E-state index is 11.9. The number of para-hydroxylation sites is 1. The van der Waals surface area contributed by atoms with Crippen molar-refractivity contribution in [2.24, 2.45) is 5.73 Å². The summed E-state index contributed by atoms with van der Waals surface area (Å²) in [6.07, 6.45) is 0. The monoisotopic (exact) mass is 256 g/mol. The summed E-state index contributed by atoms with van der Waals surface area (Å²) >= 11 is 0. The van der Waals surface area contributed by atoms with Crippen molar-refractivity contribution < 1.29 is 9.90 Å². The average molecular weight is 256 g/mol. The lowest BCUT2D eigenvalue weighted by molar-refractivity contribution is 0.0948. The Morgan fingerprint density at radius 1 is 1.11 bits per heavy atom. The first-order chi connectivity index (χ1) is 9.18. The zero-order valence-corrected chi connectivity index (χ0v) is 10.4. The molecule has 1 atom stereocenters. The number of rotatable bonds is 4. The summed E-state index contributed by atoms with van der Waals surface area (Å²) in [5, 5.41) is 12.3. The molecule has 1 unspecified atom stereocenters. The molecule has 1 amide bonds. The Morgan fingerprint density at radius 3 is 2.42 bits per heavy atom. The van der Waals surface area contributed by atoms with Crippen LogP contribution in [-0.2, 0) is 0 Å². The number of hydrogen-bond acceptors (Lipinski definition) is 3. The first-order valence-corrected chi connectivity index (χ1v) is 6.05. The summed E-state index contributed by atoms with van der Waals surface area (Å²) < 4.78 is 0. The molecule has 0 saturated heterocycles. The molecule has 2 aromatic carbocycles. The van der Waals surface area contributed by atoms with Gasteiger partial charge < -0.3 is 16.2 Å². The van der Waals surface area contributed by atoms with Crippen molar-refractivity contribution in [2.45, 2.75) is 6.04 Å². The number of phenolic OH excluding ortho intramolecular Hbond substituents is 1. The Balaban J connectivity index is 1.96. The summed E-state index contributed by atoms with van der Waals surface area (Å²) in [7, 11) is 0. The minimum Gasteiger partial charge on any atom is -0.507 e. The van der Waals surface area contributed by atoms with Crippen LogP contribution in [0, 0.1) is 0 Å². The Hall–Kier alpha value is -2.33. The van der Waals surface area contributed by atoms with Gasteiger partial charge in [-0.2, -0.15) is 0 Å². The summed E-state index contributed by atoms with van der Waals surface area (Å²) in [6, 6.07) is 15.7. The minimum absolute atomic E-state index is 0.0340. The van der Waals surface area contributed by atoms with E-state index >= 15 is 0 Å². The minimum atomic E-state index is -0.329. The summed E-state index contributed by atoms with van der Waals surface area (Å²) in [5.74, 6) is -0.363. The zero-order chi connectivity index (χ0) is 13.7. The molecular formula is C15H16N2O2. The second kappa shape index (κ2) is 6.02. The van der Waals surface area contributed by atoms with E-state index in [0.717, 1.165) is 5.56 Å². The lowest BCUT2D eigenvalue weighted by Gasteiger charge is -2.13. The Bertz CT molecular complexity index is 555. The van der Waals surface area contributed by atoms with Gasteiger partial charge in [0.1, 0.15) is 5.75 Å². The number of carbonyl (C=O) groups is 1. The molecular weight excluding hydrogens is 240 g/mol. The number of nitrogens with one attached hydrogen (secondary N) is 1. The highest BCUT2D eigenvalue weighted by atomic mass is 16.3. The topological polar surface area (TPSA) is 75.3 Å². The highest BCUT2D eigenvalue weighted by molar-refractivity contribution is 5.96. The van der Waals surface area contributed by atoms with E-state index in [1.54, 1.807) is 18.2 Å². The van der Waals surface area contributed by atoms with Crippen molar-refractivity contribution in [1.29, 1.82) is 0 Å².